The Morgan fingerprint density at radius 1 is 1.30 bits per heavy atom. The Morgan fingerprint density at radius 3 is 2.85 bits per heavy atom. The zero-order chi connectivity index (χ0) is 23.9. The van der Waals surface area contributed by atoms with Crippen molar-refractivity contribution < 1.29 is 19.7 Å². The van der Waals surface area contributed by atoms with Crippen molar-refractivity contribution in [3.63, 3.8) is 0 Å². The number of nitrogens with two attached hydrogens (primary N) is 2. The van der Waals surface area contributed by atoms with Gasteiger partial charge in [-0.1, -0.05) is 32.6 Å². The number of ether oxygens (including phenoxy) is 1. The van der Waals surface area contributed by atoms with E-state index in [9.17, 15) is 15.0 Å². The first-order chi connectivity index (χ1) is 15.9. The summed E-state index contributed by atoms with van der Waals surface area (Å²) in [6, 6.07) is -1.22. The van der Waals surface area contributed by atoms with Gasteiger partial charge < -0.3 is 47.3 Å². The Balaban J connectivity index is 1.66. The van der Waals surface area contributed by atoms with E-state index in [-0.39, 0.29) is 19.0 Å². The largest absolute Gasteiger partial charge is 0.447 e. The van der Waals surface area contributed by atoms with E-state index in [1.54, 1.807) is 4.90 Å². The fraction of sp³-hybridized carbons (Fsp3) is 0.857. The third kappa shape index (κ3) is 5.44. The van der Waals surface area contributed by atoms with Gasteiger partial charge in [0.25, 0.3) is 0 Å². The van der Waals surface area contributed by atoms with E-state index in [1.165, 1.54) is 0 Å². The predicted molar refractivity (Wildman–Crippen MR) is 125 cm³/mol. The number of aliphatic hydroxyl groups is 2. The molecule has 3 aliphatic rings. The highest BCUT2D eigenvalue weighted by Crippen LogP contribution is 2.44. The van der Waals surface area contributed by atoms with Gasteiger partial charge in [-0.25, -0.2) is 9.79 Å². The summed E-state index contributed by atoms with van der Waals surface area (Å²) in [6.45, 7) is 4.28. The van der Waals surface area contributed by atoms with Gasteiger partial charge in [-0.15, -0.1) is 0 Å². The van der Waals surface area contributed by atoms with Gasteiger partial charge in [0.1, 0.15) is 12.6 Å². The van der Waals surface area contributed by atoms with Crippen molar-refractivity contribution in [2.75, 3.05) is 32.8 Å². The Morgan fingerprint density at radius 2 is 2.09 bits per heavy atom. The van der Waals surface area contributed by atoms with Crippen molar-refractivity contribution in [2.45, 2.75) is 81.8 Å². The van der Waals surface area contributed by atoms with Gasteiger partial charge in [-0.3, -0.25) is 4.99 Å². The molecule has 2 saturated heterocycles. The van der Waals surface area contributed by atoms with Crippen LogP contribution >= 0.6 is 0 Å². The zero-order valence-corrected chi connectivity index (χ0v) is 19.6. The fourth-order valence-electron chi connectivity index (χ4n) is 4.78. The number of nitrogens with zero attached hydrogens (tertiary/aromatic N) is 3. The van der Waals surface area contributed by atoms with Crippen LogP contribution in [-0.4, -0.2) is 89.4 Å². The Hall–Kier alpha value is -2.31. The normalized spacial score (nSPS) is 28.5. The van der Waals surface area contributed by atoms with Crippen LogP contribution in [0.5, 0.6) is 0 Å². The highest BCUT2D eigenvalue weighted by molar-refractivity contribution is 5.88. The number of aliphatic imine (C=N–C) groups is 2. The summed E-state index contributed by atoms with van der Waals surface area (Å²) in [6.07, 6.45) is 6.51. The fourth-order valence-corrected chi connectivity index (χ4v) is 4.78. The molecule has 1 spiro atoms. The second kappa shape index (κ2) is 11.2. The number of rotatable bonds is 12. The maximum atomic E-state index is 12.2. The van der Waals surface area contributed by atoms with Crippen LogP contribution in [-0.2, 0) is 4.74 Å². The molecule has 3 unspecified atom stereocenters. The lowest BCUT2D eigenvalue weighted by Gasteiger charge is -2.51. The number of carbonyl (C=O) groups excluding carboxylic acids is 1. The first kappa shape index (κ1) is 25.3. The Bertz CT molecular complexity index is 731. The molecule has 0 radical (unpaired) electrons. The molecule has 3 rings (SSSR count). The van der Waals surface area contributed by atoms with Gasteiger partial charge in [0, 0.05) is 26.1 Å². The highest BCUT2D eigenvalue weighted by atomic mass is 16.5. The van der Waals surface area contributed by atoms with E-state index < -0.39 is 29.6 Å². The second-order valence-corrected chi connectivity index (χ2v) is 8.96. The van der Waals surface area contributed by atoms with Crippen LogP contribution in [0.15, 0.2) is 9.98 Å². The van der Waals surface area contributed by atoms with Crippen LogP contribution < -0.4 is 27.4 Å². The number of amides is 1. The summed E-state index contributed by atoms with van der Waals surface area (Å²) in [7, 11) is 0. The molecule has 12 nitrogen and oxygen atoms in total. The number of alkyl carbamates (subject to hydrolysis) is 1. The van der Waals surface area contributed by atoms with Crippen LogP contribution in [0.25, 0.3) is 0 Å². The maximum Gasteiger partial charge on any atom is 0.407 e. The van der Waals surface area contributed by atoms with Gasteiger partial charge in [0.05, 0.1) is 6.04 Å². The van der Waals surface area contributed by atoms with E-state index in [2.05, 4.69) is 32.9 Å². The van der Waals surface area contributed by atoms with Crippen LogP contribution in [0, 0.1) is 0 Å². The summed E-state index contributed by atoms with van der Waals surface area (Å²) in [5.41, 5.74) is 10.1. The van der Waals surface area contributed by atoms with Crippen LogP contribution in [0.4, 0.5) is 4.79 Å². The van der Waals surface area contributed by atoms with E-state index >= 15 is 0 Å². The minimum Gasteiger partial charge on any atom is -0.447 e. The zero-order valence-electron chi connectivity index (χ0n) is 19.6. The summed E-state index contributed by atoms with van der Waals surface area (Å²) in [5, 5.41) is 30.9. The summed E-state index contributed by atoms with van der Waals surface area (Å²) in [4.78, 5) is 23.1. The molecule has 3 heterocycles. The third-order valence-electron chi connectivity index (χ3n) is 6.51. The van der Waals surface area contributed by atoms with Crippen LogP contribution in [0.2, 0.25) is 0 Å². The van der Waals surface area contributed by atoms with Crippen LogP contribution in [0.3, 0.4) is 0 Å². The molecule has 9 N–H and O–H groups in total. The average molecular weight is 469 g/mol. The van der Waals surface area contributed by atoms with Crippen molar-refractivity contribution in [3.8, 4) is 0 Å². The minimum atomic E-state index is -2.08. The highest BCUT2D eigenvalue weighted by Gasteiger charge is 2.70. The number of unbranched alkanes of at least 4 members (excludes halogenated alkanes) is 5. The molecule has 0 aromatic carbocycles. The summed E-state index contributed by atoms with van der Waals surface area (Å²) in [5.74, 6) is -1.45. The number of guanidine groups is 2. The average Bonchev–Trinajstić information content (AvgIpc) is 3.27. The molecule has 3 atom stereocenters. The van der Waals surface area contributed by atoms with E-state index in [4.69, 9.17) is 16.2 Å². The molecule has 0 aliphatic carbocycles. The van der Waals surface area contributed by atoms with Gasteiger partial charge in [0.2, 0.25) is 5.79 Å². The topological polar surface area (TPSA) is 183 Å². The molecule has 188 valence electrons. The molecule has 1 amide bonds. The van der Waals surface area contributed by atoms with E-state index in [0.29, 0.717) is 32.1 Å². The maximum absolute atomic E-state index is 12.2. The van der Waals surface area contributed by atoms with Crippen molar-refractivity contribution in [3.05, 3.63) is 0 Å². The monoisotopic (exact) mass is 468 g/mol. The molecule has 0 saturated carbocycles. The van der Waals surface area contributed by atoms with E-state index in [1.807, 2.05) is 0 Å². The van der Waals surface area contributed by atoms with Crippen molar-refractivity contribution >= 4 is 18.0 Å². The Kier molecular flexibility index (Phi) is 8.60. The number of hydrogen-bond donors (Lipinski definition) is 7. The second-order valence-electron chi connectivity index (χ2n) is 8.96. The summed E-state index contributed by atoms with van der Waals surface area (Å²) < 4.78 is 5.45. The van der Waals surface area contributed by atoms with Gasteiger partial charge in [-0.2, -0.15) is 0 Å². The molecular weight excluding hydrogens is 428 g/mol. The van der Waals surface area contributed by atoms with Crippen LogP contribution in [0.1, 0.15) is 58.3 Å². The lowest BCUT2D eigenvalue weighted by atomic mass is 9.86. The first-order valence-electron chi connectivity index (χ1n) is 12.1. The smallest absolute Gasteiger partial charge is 0.407 e. The predicted octanol–water partition coefficient (Wildman–Crippen LogP) is -0.881. The Labute approximate surface area is 195 Å². The molecule has 12 heteroatoms. The lowest BCUT2D eigenvalue weighted by molar-refractivity contribution is -0.223. The number of hydrogen-bond acceptors (Lipinski definition) is 9. The molecule has 0 aromatic heterocycles. The summed E-state index contributed by atoms with van der Waals surface area (Å²) >= 11 is 0. The van der Waals surface area contributed by atoms with Gasteiger partial charge in [-0.05, 0) is 25.8 Å². The quantitative estimate of drug-likeness (QED) is 0.141. The minimum absolute atomic E-state index is 0.0260. The molecule has 0 bridgehead atoms. The number of nitrogens with one attached hydrogen (secondary N) is 3. The standard InChI is InChI=1S/C21H40N8O4/c1-2-3-7-11-24-18-26-15(14-33-19(30)25-12-8-5-4-6-10-22)16-21(28-17(23)27-16)20(31,32)9-13-29(18)21/h15-16,31-32H,2-14,22H2,1H3,(H,24,26)(H,25,30)(H3,23,27,28). The molecular formula is C21H40N8O4. The van der Waals surface area contributed by atoms with Crippen molar-refractivity contribution in [1.82, 2.24) is 20.9 Å². The van der Waals surface area contributed by atoms with E-state index in [0.717, 1.165) is 44.9 Å². The SMILES string of the molecule is CCCCCN=C1NC(COC(=O)NCCCCCCN)C2N=C(N)NC23N1CCC3(O)O. The number of carbonyl (C=O) groups is 1. The molecule has 0 aromatic rings. The molecule has 2 fully saturated rings. The molecule has 33 heavy (non-hydrogen) atoms. The lowest BCUT2D eigenvalue weighted by Crippen LogP contribution is -2.80. The first-order valence-corrected chi connectivity index (χ1v) is 12.1. The molecule has 3 aliphatic heterocycles. The van der Waals surface area contributed by atoms with Crippen molar-refractivity contribution in [1.29, 1.82) is 0 Å². The van der Waals surface area contributed by atoms with Crippen molar-refractivity contribution in [2.24, 2.45) is 21.5 Å². The van der Waals surface area contributed by atoms with Gasteiger partial charge >= 0.3 is 6.09 Å². The third-order valence-corrected chi connectivity index (χ3v) is 6.51. The van der Waals surface area contributed by atoms with Gasteiger partial charge in [0.15, 0.2) is 17.6 Å².